The molecule has 8 nitrogen and oxygen atoms in total. The van der Waals surface area contributed by atoms with Gasteiger partial charge in [0.1, 0.15) is 6.54 Å². The third kappa shape index (κ3) is 3.54. The molecular formula is C16H14F2N4O4S. The van der Waals surface area contributed by atoms with Crippen molar-refractivity contribution in [1.29, 1.82) is 0 Å². The van der Waals surface area contributed by atoms with Gasteiger partial charge < -0.3 is 14.4 Å². The molecule has 1 fully saturated rings. The van der Waals surface area contributed by atoms with Crippen LogP contribution < -0.4 is 14.3 Å². The quantitative estimate of drug-likeness (QED) is 0.746. The van der Waals surface area contributed by atoms with Gasteiger partial charge in [0.25, 0.3) is 0 Å². The summed E-state index contributed by atoms with van der Waals surface area (Å²) < 4.78 is 36.9. The van der Waals surface area contributed by atoms with Gasteiger partial charge in [-0.2, -0.15) is 9.90 Å². The van der Waals surface area contributed by atoms with Crippen molar-refractivity contribution in [3.05, 3.63) is 39.0 Å². The first-order chi connectivity index (χ1) is 12.9. The molecule has 0 atom stereocenters. The Kier molecular flexibility index (Phi) is 4.38. The van der Waals surface area contributed by atoms with E-state index in [9.17, 15) is 18.5 Å². The van der Waals surface area contributed by atoms with Crippen molar-refractivity contribution in [3.63, 3.8) is 0 Å². The first kappa shape index (κ1) is 17.6. The highest BCUT2D eigenvalue weighted by Gasteiger charge is 2.43. The highest BCUT2D eigenvalue weighted by atomic mass is 32.1. The molecule has 1 aromatic carbocycles. The zero-order valence-electron chi connectivity index (χ0n) is 13.9. The van der Waals surface area contributed by atoms with Crippen molar-refractivity contribution in [3.8, 4) is 17.2 Å². The van der Waals surface area contributed by atoms with Gasteiger partial charge in [0, 0.05) is 30.2 Å². The highest BCUT2D eigenvalue weighted by molar-refractivity contribution is 7.09. The number of urea groups is 1. The smallest absolute Gasteiger partial charge is 0.395 e. The molecule has 0 spiro atoms. The number of fused-ring (bicyclic) bond motifs is 1. The molecule has 0 radical (unpaired) electrons. The lowest BCUT2D eigenvalue weighted by atomic mass is 10.3. The summed E-state index contributed by atoms with van der Waals surface area (Å²) in [6, 6.07) is 3.87. The Morgan fingerprint density at radius 2 is 1.96 bits per heavy atom. The van der Waals surface area contributed by atoms with Gasteiger partial charge in [-0.1, -0.05) is 16.5 Å². The number of rotatable bonds is 3. The Bertz CT molecular complexity index is 966. The molecule has 2 aliphatic heterocycles. The minimum absolute atomic E-state index is 0.0824. The number of carbonyl (C=O) groups is 1. The molecular weight excluding hydrogens is 382 g/mol. The van der Waals surface area contributed by atoms with Crippen molar-refractivity contribution in [2.24, 2.45) is 10.2 Å². The average molecular weight is 396 g/mol. The summed E-state index contributed by atoms with van der Waals surface area (Å²) in [5.41, 5.74) is 0.441. The van der Waals surface area contributed by atoms with Gasteiger partial charge in [-0.15, -0.1) is 8.78 Å². The van der Waals surface area contributed by atoms with Crippen molar-refractivity contribution >= 4 is 17.4 Å². The number of halogens is 2. The minimum atomic E-state index is -3.72. The van der Waals surface area contributed by atoms with E-state index in [0.717, 1.165) is 24.2 Å². The van der Waals surface area contributed by atoms with Gasteiger partial charge in [-0.3, -0.25) is 4.57 Å². The Hall–Kier alpha value is -2.82. The van der Waals surface area contributed by atoms with E-state index in [1.54, 1.807) is 15.7 Å². The first-order valence-electron chi connectivity index (χ1n) is 8.19. The fourth-order valence-electron chi connectivity index (χ4n) is 2.94. The maximum Gasteiger partial charge on any atom is 0.586 e. The fraction of sp³-hybridized carbons (Fsp3) is 0.375. The molecule has 0 N–H and O–H groups in total. The molecule has 27 heavy (non-hydrogen) atoms. The number of nitroso groups, excluding NO2 is 1. The van der Waals surface area contributed by atoms with Gasteiger partial charge in [-0.05, 0) is 25.0 Å². The standard InChI is InChI=1S/C16H14F2N4O4S/c17-16(18)25-12-4-3-10(7-13(12)26-16)22-9-11(8-19-24)27-15(22)20-14(23)21-5-1-2-6-21/h3-4,7,9H,1-2,5-6,8H2. The molecule has 2 aromatic rings. The predicted molar refractivity (Wildman–Crippen MR) is 91.1 cm³/mol. The van der Waals surface area contributed by atoms with Crippen molar-refractivity contribution in [1.82, 2.24) is 9.47 Å². The van der Waals surface area contributed by atoms with Gasteiger partial charge in [-0.25, -0.2) is 4.79 Å². The van der Waals surface area contributed by atoms with Crippen molar-refractivity contribution in [2.75, 3.05) is 13.1 Å². The average Bonchev–Trinajstić information content (AvgIpc) is 3.31. The lowest BCUT2D eigenvalue weighted by molar-refractivity contribution is -0.286. The van der Waals surface area contributed by atoms with Crippen LogP contribution in [0.2, 0.25) is 0 Å². The van der Waals surface area contributed by atoms with Crippen LogP contribution in [0.1, 0.15) is 17.7 Å². The van der Waals surface area contributed by atoms with Gasteiger partial charge in [0.15, 0.2) is 16.3 Å². The molecule has 2 amide bonds. The summed E-state index contributed by atoms with van der Waals surface area (Å²) >= 11 is 1.13. The molecule has 0 saturated carbocycles. The SMILES string of the molecule is O=NCc1cn(-c2ccc3c(c2)OC(F)(F)O3)c(=NC(=O)N2CCCC2)s1. The normalized spacial score (nSPS) is 18.1. The largest absolute Gasteiger partial charge is 0.586 e. The lowest BCUT2D eigenvalue weighted by Crippen LogP contribution is -2.27. The van der Waals surface area contributed by atoms with Crippen LogP contribution in [-0.2, 0) is 6.54 Å². The number of amides is 2. The Morgan fingerprint density at radius 1 is 1.22 bits per heavy atom. The monoisotopic (exact) mass is 396 g/mol. The molecule has 0 bridgehead atoms. The molecule has 3 heterocycles. The van der Waals surface area contributed by atoms with Crippen LogP contribution in [-0.4, -0.2) is 34.9 Å². The summed E-state index contributed by atoms with van der Waals surface area (Å²) in [6.07, 6.45) is -0.256. The summed E-state index contributed by atoms with van der Waals surface area (Å²) in [5.74, 6) is -0.205. The van der Waals surface area contributed by atoms with E-state index < -0.39 is 6.29 Å². The summed E-state index contributed by atoms with van der Waals surface area (Å²) in [5, 5.41) is 2.85. The summed E-state index contributed by atoms with van der Waals surface area (Å²) in [7, 11) is 0. The third-order valence-electron chi connectivity index (χ3n) is 4.15. The fourth-order valence-corrected chi connectivity index (χ4v) is 3.83. The number of likely N-dealkylation sites (tertiary alicyclic amines) is 1. The Labute approximate surface area is 155 Å². The van der Waals surface area contributed by atoms with Crippen LogP contribution in [0.25, 0.3) is 5.69 Å². The van der Waals surface area contributed by atoms with E-state index in [0.29, 0.717) is 28.5 Å². The van der Waals surface area contributed by atoms with Crippen molar-refractivity contribution in [2.45, 2.75) is 25.7 Å². The van der Waals surface area contributed by atoms with E-state index in [4.69, 9.17) is 0 Å². The predicted octanol–water partition coefficient (Wildman–Crippen LogP) is 3.24. The van der Waals surface area contributed by atoms with E-state index in [-0.39, 0.29) is 24.1 Å². The molecule has 1 saturated heterocycles. The molecule has 0 unspecified atom stereocenters. The molecule has 1 aromatic heterocycles. The van der Waals surface area contributed by atoms with Crippen LogP contribution in [0, 0.1) is 4.91 Å². The number of hydrogen-bond acceptors (Lipinski definition) is 6. The van der Waals surface area contributed by atoms with Gasteiger partial charge in [0.2, 0.25) is 0 Å². The Balaban J connectivity index is 1.74. The molecule has 4 rings (SSSR count). The molecule has 11 heteroatoms. The van der Waals surface area contributed by atoms with Crippen LogP contribution in [0.5, 0.6) is 11.5 Å². The van der Waals surface area contributed by atoms with E-state index in [1.165, 1.54) is 18.2 Å². The summed E-state index contributed by atoms with van der Waals surface area (Å²) in [6.45, 7) is 1.21. The zero-order valence-corrected chi connectivity index (χ0v) is 14.7. The van der Waals surface area contributed by atoms with E-state index in [2.05, 4.69) is 19.6 Å². The maximum absolute atomic E-state index is 13.2. The number of ether oxygens (including phenoxy) is 2. The second kappa shape index (κ2) is 6.72. The van der Waals surface area contributed by atoms with Crippen LogP contribution in [0.15, 0.2) is 34.6 Å². The number of thiazole rings is 1. The van der Waals surface area contributed by atoms with Crippen LogP contribution >= 0.6 is 11.3 Å². The van der Waals surface area contributed by atoms with Gasteiger partial charge in [0.05, 0.1) is 5.69 Å². The second-order valence-corrected chi connectivity index (χ2v) is 7.12. The molecule has 142 valence electrons. The van der Waals surface area contributed by atoms with Crippen molar-refractivity contribution < 1.29 is 23.0 Å². The van der Waals surface area contributed by atoms with E-state index in [1.807, 2.05) is 0 Å². The minimum Gasteiger partial charge on any atom is -0.395 e. The summed E-state index contributed by atoms with van der Waals surface area (Å²) in [4.78, 5) is 29.7. The molecule has 0 aliphatic carbocycles. The third-order valence-corrected chi connectivity index (χ3v) is 5.12. The Morgan fingerprint density at radius 3 is 2.70 bits per heavy atom. The highest BCUT2D eigenvalue weighted by Crippen LogP contribution is 2.41. The topological polar surface area (TPSA) is 85.5 Å². The number of nitrogens with zero attached hydrogens (tertiary/aromatic N) is 4. The number of alkyl halides is 2. The number of carbonyl (C=O) groups excluding carboxylic acids is 1. The lowest BCUT2D eigenvalue weighted by Gasteiger charge is -2.10. The first-order valence-corrected chi connectivity index (χ1v) is 9.01. The molecule has 2 aliphatic rings. The van der Waals surface area contributed by atoms with Crippen LogP contribution in [0.4, 0.5) is 13.6 Å². The maximum atomic E-state index is 13.2. The zero-order chi connectivity index (χ0) is 19.0. The van der Waals surface area contributed by atoms with E-state index >= 15 is 0 Å². The van der Waals surface area contributed by atoms with Gasteiger partial charge >= 0.3 is 12.3 Å². The second-order valence-electron chi connectivity index (χ2n) is 6.02. The number of hydrogen-bond donors (Lipinski definition) is 0. The number of aromatic nitrogens is 1. The number of benzene rings is 1. The van der Waals surface area contributed by atoms with Crippen LogP contribution in [0.3, 0.4) is 0 Å².